The van der Waals surface area contributed by atoms with Crippen molar-refractivity contribution in [2.75, 3.05) is 5.32 Å². The monoisotopic (exact) mass is 455 g/mol. The zero-order valence-corrected chi connectivity index (χ0v) is 17.1. The first-order valence-corrected chi connectivity index (χ1v) is 10.4. The van der Waals surface area contributed by atoms with Crippen molar-refractivity contribution in [2.24, 2.45) is 0 Å². The van der Waals surface area contributed by atoms with Crippen LogP contribution < -0.4 is 5.32 Å². The molecule has 1 aliphatic carbocycles. The van der Waals surface area contributed by atoms with Gasteiger partial charge in [-0.1, -0.05) is 35.0 Å². The first-order chi connectivity index (χ1) is 13.4. The molecule has 0 spiro atoms. The standard InChI is InChI=1S/C16H11Cl2N5O3S2/c17-8-5-19-6-9(18)14(8)28-16-11(23(25)26)4-12(27-16)15(24)20-13-3-10(21-22-13)7-1-2-7/h3-7H,1-2H2,(H2,20,21,22,24). The van der Waals surface area contributed by atoms with Crippen LogP contribution in [-0.2, 0) is 0 Å². The molecular weight excluding hydrogens is 445 g/mol. The van der Waals surface area contributed by atoms with Crippen LogP contribution in [0.5, 0.6) is 0 Å². The van der Waals surface area contributed by atoms with Gasteiger partial charge in [-0.25, -0.2) is 0 Å². The van der Waals surface area contributed by atoms with E-state index in [1.54, 1.807) is 6.07 Å². The quantitative estimate of drug-likeness (QED) is 0.381. The van der Waals surface area contributed by atoms with Crippen LogP contribution in [-0.4, -0.2) is 26.0 Å². The van der Waals surface area contributed by atoms with Crippen molar-refractivity contribution in [3.8, 4) is 0 Å². The zero-order valence-electron chi connectivity index (χ0n) is 13.9. The van der Waals surface area contributed by atoms with E-state index in [-0.39, 0.29) is 20.6 Å². The number of hydrogen-bond donors (Lipinski definition) is 2. The summed E-state index contributed by atoms with van der Waals surface area (Å²) in [6.45, 7) is 0. The Balaban J connectivity index is 1.58. The number of nitro groups is 1. The van der Waals surface area contributed by atoms with Gasteiger partial charge in [-0.15, -0.1) is 11.3 Å². The first kappa shape index (κ1) is 19.2. The lowest BCUT2D eigenvalue weighted by molar-refractivity contribution is -0.387. The lowest BCUT2D eigenvalue weighted by atomic mass is 10.3. The van der Waals surface area contributed by atoms with E-state index in [1.165, 1.54) is 18.5 Å². The predicted octanol–water partition coefficient (Wildman–Crippen LogP) is 5.36. The maximum atomic E-state index is 12.5. The average Bonchev–Trinajstić information content (AvgIpc) is 3.23. The number of pyridine rings is 1. The lowest BCUT2D eigenvalue weighted by Gasteiger charge is -2.03. The summed E-state index contributed by atoms with van der Waals surface area (Å²) in [6.07, 6.45) is 5.01. The molecular formula is C16H11Cl2N5O3S2. The van der Waals surface area contributed by atoms with Crippen LogP contribution in [0, 0.1) is 10.1 Å². The first-order valence-electron chi connectivity index (χ1n) is 8.04. The molecule has 0 aromatic carbocycles. The minimum Gasteiger partial charge on any atom is -0.304 e. The molecule has 1 aliphatic rings. The number of aromatic amines is 1. The Kier molecular flexibility index (Phi) is 5.28. The van der Waals surface area contributed by atoms with Gasteiger partial charge in [-0.2, -0.15) is 5.10 Å². The third-order valence-electron chi connectivity index (χ3n) is 3.96. The number of hydrogen-bond acceptors (Lipinski definition) is 7. The number of nitrogens with zero attached hydrogens (tertiary/aromatic N) is 3. The van der Waals surface area contributed by atoms with E-state index in [9.17, 15) is 14.9 Å². The number of nitrogens with one attached hydrogen (secondary N) is 2. The maximum absolute atomic E-state index is 12.5. The number of anilines is 1. The van der Waals surface area contributed by atoms with Gasteiger partial charge < -0.3 is 5.32 Å². The van der Waals surface area contributed by atoms with Gasteiger partial charge in [0, 0.05) is 36.1 Å². The molecule has 0 saturated heterocycles. The molecule has 0 bridgehead atoms. The number of aromatic nitrogens is 3. The van der Waals surface area contributed by atoms with E-state index in [1.807, 2.05) is 0 Å². The van der Waals surface area contributed by atoms with Crippen molar-refractivity contribution in [3.05, 3.63) is 55.3 Å². The largest absolute Gasteiger partial charge is 0.304 e. The van der Waals surface area contributed by atoms with Crippen LogP contribution >= 0.6 is 46.3 Å². The molecule has 3 aromatic rings. The highest BCUT2D eigenvalue weighted by molar-refractivity contribution is 8.01. The second kappa shape index (κ2) is 7.70. The summed E-state index contributed by atoms with van der Waals surface area (Å²) >= 11 is 14.2. The molecule has 3 heterocycles. The fourth-order valence-corrected chi connectivity index (χ4v) is 5.21. The molecule has 12 heteroatoms. The van der Waals surface area contributed by atoms with Gasteiger partial charge in [0.15, 0.2) is 5.82 Å². The molecule has 1 saturated carbocycles. The van der Waals surface area contributed by atoms with Crippen molar-refractivity contribution >= 4 is 63.7 Å². The third kappa shape index (κ3) is 4.00. The Morgan fingerprint density at radius 2 is 2.04 bits per heavy atom. The smallest absolute Gasteiger partial charge is 0.294 e. The van der Waals surface area contributed by atoms with E-state index in [0.29, 0.717) is 20.8 Å². The molecule has 1 amide bonds. The number of carbonyl (C=O) groups is 1. The summed E-state index contributed by atoms with van der Waals surface area (Å²) in [7, 11) is 0. The minimum atomic E-state index is -0.543. The second-order valence-electron chi connectivity index (χ2n) is 6.01. The molecule has 0 aliphatic heterocycles. The summed E-state index contributed by atoms with van der Waals surface area (Å²) in [5.41, 5.74) is 0.787. The van der Waals surface area contributed by atoms with Crippen LogP contribution in [0.15, 0.2) is 33.6 Å². The Hall–Kier alpha value is -2.14. The van der Waals surface area contributed by atoms with E-state index in [2.05, 4.69) is 20.5 Å². The Morgan fingerprint density at radius 1 is 1.32 bits per heavy atom. The Morgan fingerprint density at radius 3 is 2.68 bits per heavy atom. The Bertz CT molecular complexity index is 1060. The highest BCUT2D eigenvalue weighted by Gasteiger charge is 2.27. The van der Waals surface area contributed by atoms with Crippen LogP contribution in [0.25, 0.3) is 0 Å². The topological polar surface area (TPSA) is 114 Å². The molecule has 2 N–H and O–H groups in total. The number of H-pyrrole nitrogens is 1. The van der Waals surface area contributed by atoms with E-state index in [0.717, 1.165) is 41.6 Å². The van der Waals surface area contributed by atoms with Crippen molar-refractivity contribution in [2.45, 2.75) is 27.9 Å². The SMILES string of the molecule is O=C(Nc1cc(C2CC2)[nH]n1)c1cc([N+](=O)[O-])c(Sc2c(Cl)cncc2Cl)s1. The zero-order chi connectivity index (χ0) is 19.8. The molecule has 4 rings (SSSR count). The molecule has 0 radical (unpaired) electrons. The van der Waals surface area contributed by atoms with Crippen molar-refractivity contribution in [3.63, 3.8) is 0 Å². The van der Waals surface area contributed by atoms with Crippen LogP contribution in [0.1, 0.15) is 34.1 Å². The van der Waals surface area contributed by atoms with Gasteiger partial charge >= 0.3 is 0 Å². The average molecular weight is 456 g/mol. The van der Waals surface area contributed by atoms with E-state index in [4.69, 9.17) is 23.2 Å². The van der Waals surface area contributed by atoms with Crippen LogP contribution in [0.4, 0.5) is 11.5 Å². The van der Waals surface area contributed by atoms with Gasteiger partial charge in [-0.05, 0) is 12.8 Å². The summed E-state index contributed by atoms with van der Waals surface area (Å²) in [5, 5.41) is 21.6. The van der Waals surface area contributed by atoms with E-state index >= 15 is 0 Å². The van der Waals surface area contributed by atoms with Crippen molar-refractivity contribution in [1.29, 1.82) is 0 Å². The second-order valence-corrected chi connectivity index (χ2v) is 9.16. The lowest BCUT2D eigenvalue weighted by Crippen LogP contribution is -2.10. The maximum Gasteiger partial charge on any atom is 0.294 e. The molecule has 3 aromatic heterocycles. The minimum absolute atomic E-state index is 0.187. The fraction of sp³-hybridized carbons (Fsp3) is 0.188. The summed E-state index contributed by atoms with van der Waals surface area (Å²) in [4.78, 5) is 27.9. The normalized spacial score (nSPS) is 13.5. The van der Waals surface area contributed by atoms with Crippen molar-refractivity contribution in [1.82, 2.24) is 15.2 Å². The van der Waals surface area contributed by atoms with Crippen LogP contribution in [0.2, 0.25) is 10.0 Å². The van der Waals surface area contributed by atoms with Gasteiger partial charge in [0.05, 0.1) is 19.9 Å². The molecule has 144 valence electrons. The summed E-state index contributed by atoms with van der Waals surface area (Å²) in [6, 6.07) is 3.02. The summed E-state index contributed by atoms with van der Waals surface area (Å²) < 4.78 is 0.297. The number of amides is 1. The summed E-state index contributed by atoms with van der Waals surface area (Å²) in [5.74, 6) is 0.386. The van der Waals surface area contributed by atoms with Gasteiger partial charge in [-0.3, -0.25) is 25.0 Å². The van der Waals surface area contributed by atoms with Gasteiger partial charge in [0.2, 0.25) is 0 Å². The Labute approximate surface area is 176 Å². The number of rotatable bonds is 6. The van der Waals surface area contributed by atoms with Gasteiger partial charge in [0.1, 0.15) is 9.09 Å². The third-order valence-corrected chi connectivity index (χ3v) is 7.21. The highest BCUT2D eigenvalue weighted by Crippen LogP contribution is 2.46. The molecule has 0 unspecified atom stereocenters. The predicted molar refractivity (Wildman–Crippen MR) is 108 cm³/mol. The highest BCUT2D eigenvalue weighted by atomic mass is 35.5. The van der Waals surface area contributed by atoms with E-state index < -0.39 is 10.8 Å². The number of carbonyl (C=O) groups excluding carboxylic acids is 1. The van der Waals surface area contributed by atoms with Gasteiger partial charge in [0.25, 0.3) is 11.6 Å². The molecule has 1 fully saturated rings. The van der Waals surface area contributed by atoms with Crippen LogP contribution in [0.3, 0.4) is 0 Å². The number of halogens is 2. The molecule has 8 nitrogen and oxygen atoms in total. The van der Waals surface area contributed by atoms with Crippen molar-refractivity contribution < 1.29 is 9.72 Å². The molecule has 28 heavy (non-hydrogen) atoms. The number of thiophene rings is 1. The fourth-order valence-electron chi connectivity index (χ4n) is 2.45. The molecule has 0 atom stereocenters.